The van der Waals surface area contributed by atoms with Gasteiger partial charge in [0.25, 0.3) is 0 Å². The Kier molecular flexibility index (Phi) is 2.09. The van der Waals surface area contributed by atoms with Crippen molar-refractivity contribution in [3.05, 3.63) is 6.07 Å². The van der Waals surface area contributed by atoms with E-state index < -0.39 is 0 Å². The van der Waals surface area contributed by atoms with E-state index in [0.29, 0.717) is 17.3 Å². The van der Waals surface area contributed by atoms with Gasteiger partial charge < -0.3 is 17.2 Å². The third kappa shape index (κ3) is 1.48. The normalized spacial score (nSPS) is 9.91. The maximum atomic E-state index is 5.60. The second-order valence-electron chi connectivity index (χ2n) is 2.05. The molecule has 0 unspecified atom stereocenters. The van der Waals surface area contributed by atoms with E-state index in [1.807, 2.05) is 6.26 Å². The fourth-order valence-corrected chi connectivity index (χ4v) is 1.30. The number of aromatic nitrogens is 1. The Morgan fingerprint density at radius 3 is 2.55 bits per heavy atom. The van der Waals surface area contributed by atoms with Gasteiger partial charge >= 0.3 is 0 Å². The van der Waals surface area contributed by atoms with E-state index >= 15 is 0 Å². The summed E-state index contributed by atoms with van der Waals surface area (Å²) in [5.41, 5.74) is 17.0. The van der Waals surface area contributed by atoms with Crippen molar-refractivity contribution in [2.24, 2.45) is 0 Å². The van der Waals surface area contributed by atoms with Crippen molar-refractivity contribution < 1.29 is 0 Å². The van der Waals surface area contributed by atoms with E-state index in [-0.39, 0.29) is 0 Å². The average molecular weight is 170 g/mol. The molecule has 60 valence electrons. The van der Waals surface area contributed by atoms with Gasteiger partial charge in [-0.25, -0.2) is 4.98 Å². The molecule has 0 spiro atoms. The standard InChI is InChI=1S/C6H10N4S/c1-11-3-2-4(7)10-6(9)5(3)8/h2H,8H2,1H3,(H4,7,9,10). The van der Waals surface area contributed by atoms with Crippen LogP contribution in [0, 0.1) is 0 Å². The summed E-state index contributed by atoms with van der Waals surface area (Å²) in [6.07, 6.45) is 1.91. The minimum absolute atomic E-state index is 0.300. The van der Waals surface area contributed by atoms with Crippen LogP contribution in [0.4, 0.5) is 17.3 Å². The van der Waals surface area contributed by atoms with Crippen LogP contribution < -0.4 is 17.2 Å². The molecule has 1 rings (SSSR count). The van der Waals surface area contributed by atoms with Gasteiger partial charge in [0.2, 0.25) is 0 Å². The van der Waals surface area contributed by atoms with Gasteiger partial charge in [0.05, 0.1) is 5.69 Å². The minimum Gasteiger partial charge on any atom is -0.395 e. The van der Waals surface area contributed by atoms with Crippen LogP contribution in [0.25, 0.3) is 0 Å². The van der Waals surface area contributed by atoms with E-state index in [0.717, 1.165) is 4.90 Å². The third-order valence-corrected chi connectivity index (χ3v) is 2.07. The number of nitrogens with two attached hydrogens (primary N) is 3. The number of rotatable bonds is 1. The van der Waals surface area contributed by atoms with Crippen LogP contribution in [-0.4, -0.2) is 11.2 Å². The van der Waals surface area contributed by atoms with Gasteiger partial charge in [-0.2, -0.15) is 0 Å². The summed E-state index contributed by atoms with van der Waals surface area (Å²) in [6.45, 7) is 0. The number of nitrogen functional groups attached to an aromatic ring is 3. The first kappa shape index (κ1) is 8.00. The Balaban J connectivity index is 3.24. The average Bonchev–Trinajstić information content (AvgIpc) is 1.96. The molecule has 0 fully saturated rings. The Morgan fingerprint density at radius 2 is 2.00 bits per heavy atom. The molecule has 5 heteroatoms. The highest BCUT2D eigenvalue weighted by Crippen LogP contribution is 2.27. The predicted molar refractivity (Wildman–Crippen MR) is 49.3 cm³/mol. The highest BCUT2D eigenvalue weighted by atomic mass is 32.2. The van der Waals surface area contributed by atoms with Gasteiger partial charge in [-0.3, -0.25) is 0 Å². The van der Waals surface area contributed by atoms with E-state index in [9.17, 15) is 0 Å². The molecule has 4 nitrogen and oxygen atoms in total. The molecule has 0 aliphatic rings. The van der Waals surface area contributed by atoms with Crippen LogP contribution in [0.1, 0.15) is 0 Å². The van der Waals surface area contributed by atoms with Gasteiger partial charge in [-0.1, -0.05) is 0 Å². The monoisotopic (exact) mass is 170 g/mol. The minimum atomic E-state index is 0.300. The molecular formula is C6H10N4S. The lowest BCUT2D eigenvalue weighted by atomic mass is 10.4. The summed E-state index contributed by atoms with van der Waals surface area (Å²) < 4.78 is 0. The zero-order valence-electron chi connectivity index (χ0n) is 6.16. The van der Waals surface area contributed by atoms with E-state index in [2.05, 4.69) is 4.98 Å². The second-order valence-corrected chi connectivity index (χ2v) is 2.90. The van der Waals surface area contributed by atoms with Crippen molar-refractivity contribution in [1.29, 1.82) is 0 Å². The number of hydrogen-bond acceptors (Lipinski definition) is 5. The maximum Gasteiger partial charge on any atom is 0.150 e. The molecule has 0 bridgehead atoms. The number of thioether (sulfide) groups is 1. The van der Waals surface area contributed by atoms with Gasteiger partial charge in [0, 0.05) is 4.90 Å². The summed E-state index contributed by atoms with van der Waals surface area (Å²) in [6, 6.07) is 1.70. The molecule has 1 aromatic heterocycles. The largest absolute Gasteiger partial charge is 0.395 e. The first-order chi connectivity index (χ1) is 5.15. The fraction of sp³-hybridized carbons (Fsp3) is 0.167. The summed E-state index contributed by atoms with van der Waals surface area (Å²) in [5.74, 6) is 0.704. The van der Waals surface area contributed by atoms with Crippen LogP contribution in [0.15, 0.2) is 11.0 Å². The molecule has 6 N–H and O–H groups in total. The molecule has 0 saturated heterocycles. The Morgan fingerprint density at radius 1 is 1.36 bits per heavy atom. The third-order valence-electron chi connectivity index (χ3n) is 1.29. The molecule has 0 radical (unpaired) electrons. The predicted octanol–water partition coefficient (Wildman–Crippen LogP) is 0.550. The number of pyridine rings is 1. The van der Waals surface area contributed by atoms with E-state index in [1.54, 1.807) is 6.07 Å². The van der Waals surface area contributed by atoms with Crippen LogP contribution in [-0.2, 0) is 0 Å². The van der Waals surface area contributed by atoms with Crippen molar-refractivity contribution in [1.82, 2.24) is 4.98 Å². The molecule has 1 heterocycles. The van der Waals surface area contributed by atoms with Crippen LogP contribution in [0.2, 0.25) is 0 Å². The van der Waals surface area contributed by atoms with Crippen molar-refractivity contribution in [3.63, 3.8) is 0 Å². The quantitative estimate of drug-likeness (QED) is 0.535. The lowest BCUT2D eigenvalue weighted by molar-refractivity contribution is 1.29. The molecule has 11 heavy (non-hydrogen) atoms. The van der Waals surface area contributed by atoms with Crippen molar-refractivity contribution in [2.45, 2.75) is 4.90 Å². The molecule has 0 saturated carbocycles. The number of nitrogens with zero attached hydrogens (tertiary/aromatic N) is 1. The van der Waals surface area contributed by atoms with Crippen molar-refractivity contribution >= 4 is 29.1 Å². The molecule has 0 aromatic carbocycles. The van der Waals surface area contributed by atoms with Crippen molar-refractivity contribution in [2.75, 3.05) is 23.5 Å². The first-order valence-electron chi connectivity index (χ1n) is 3.00. The van der Waals surface area contributed by atoms with Gasteiger partial charge in [0.15, 0.2) is 0 Å². The molecule has 0 aliphatic carbocycles. The number of anilines is 3. The van der Waals surface area contributed by atoms with Gasteiger partial charge in [-0.15, -0.1) is 11.8 Å². The zero-order valence-corrected chi connectivity index (χ0v) is 6.98. The Bertz CT molecular complexity index is 274. The van der Waals surface area contributed by atoms with E-state index in [4.69, 9.17) is 17.2 Å². The zero-order chi connectivity index (χ0) is 8.43. The summed E-state index contributed by atoms with van der Waals surface area (Å²) in [5, 5.41) is 0. The fourth-order valence-electron chi connectivity index (χ4n) is 0.739. The van der Waals surface area contributed by atoms with Crippen LogP contribution >= 0.6 is 11.8 Å². The van der Waals surface area contributed by atoms with Gasteiger partial charge in [0.1, 0.15) is 11.6 Å². The summed E-state index contributed by atoms with van der Waals surface area (Å²) in [7, 11) is 0. The highest BCUT2D eigenvalue weighted by Gasteiger charge is 2.03. The SMILES string of the molecule is CSc1cc(N)nc(N)c1N. The summed E-state index contributed by atoms with van der Waals surface area (Å²) in [4.78, 5) is 4.67. The lowest BCUT2D eigenvalue weighted by Gasteiger charge is -2.05. The van der Waals surface area contributed by atoms with Crippen LogP contribution in [0.5, 0.6) is 0 Å². The molecule has 1 aromatic rings. The van der Waals surface area contributed by atoms with Crippen LogP contribution in [0.3, 0.4) is 0 Å². The highest BCUT2D eigenvalue weighted by molar-refractivity contribution is 7.98. The molecule has 0 atom stereocenters. The van der Waals surface area contributed by atoms with Gasteiger partial charge in [-0.05, 0) is 12.3 Å². The molecule has 0 aliphatic heterocycles. The van der Waals surface area contributed by atoms with Crippen molar-refractivity contribution in [3.8, 4) is 0 Å². The Hall–Kier alpha value is -1.10. The topological polar surface area (TPSA) is 90.9 Å². The maximum absolute atomic E-state index is 5.60. The second kappa shape index (κ2) is 2.87. The Labute approximate surface area is 69.2 Å². The molecule has 0 amide bonds. The lowest BCUT2D eigenvalue weighted by Crippen LogP contribution is -2.02. The molecular weight excluding hydrogens is 160 g/mol. The van der Waals surface area contributed by atoms with E-state index in [1.165, 1.54) is 11.8 Å². The smallest absolute Gasteiger partial charge is 0.150 e. The summed E-state index contributed by atoms with van der Waals surface area (Å²) >= 11 is 1.50. The first-order valence-corrected chi connectivity index (χ1v) is 4.23. The number of hydrogen-bond donors (Lipinski definition) is 3.